The number of Topliss-reactive ketones (excluding diaryl/α,β-unsaturated/α-hetero) is 8. The van der Waals surface area contributed by atoms with Crippen molar-refractivity contribution in [1.82, 2.24) is 42.1 Å². The third-order valence-corrected chi connectivity index (χ3v) is 24.1. The van der Waals surface area contributed by atoms with E-state index in [0.29, 0.717) is 50.0 Å². The topological polar surface area (TPSA) is 620 Å². The number of nitrogens with two attached hydrogens (primary N) is 1. The normalized spacial score (nSPS) is 15.7. The molecule has 3 aromatic rings. The number of carboxylic acid groups (broad SMARTS) is 3. The molecule has 1 saturated heterocycles. The predicted octanol–water partition coefficient (Wildman–Crippen LogP) is 3.07. The quantitative estimate of drug-likeness (QED) is 0.0361. The van der Waals surface area contributed by atoms with Crippen LogP contribution in [0, 0.1) is 53.3 Å². The summed E-state index contributed by atoms with van der Waals surface area (Å²) < 4.78 is 0. The molecule has 18 N–H and O–H groups in total. The first-order valence-corrected chi connectivity index (χ1v) is 45.8. The van der Waals surface area contributed by atoms with Crippen molar-refractivity contribution in [2.75, 3.05) is 50.9 Å². The number of unbranched alkanes of at least 4 members (excludes halogenated alkanes) is 1. The number of phenolic OH excluding ortho intramolecular Hbond substituents is 2. The Balaban J connectivity index is 1.53. The highest BCUT2D eigenvalue weighted by atomic mass is 32.2. The van der Waals surface area contributed by atoms with Gasteiger partial charge in [-0.1, -0.05) is 95.1 Å². The van der Waals surface area contributed by atoms with Gasteiger partial charge in [0.25, 0.3) is 0 Å². The van der Waals surface area contributed by atoms with Crippen molar-refractivity contribution in [2.24, 2.45) is 59.0 Å². The number of likely N-dealkylation sites (tertiary alicyclic amines) is 1. The number of nitrogens with one attached hydrogen (secondary N) is 7. The Morgan fingerprint density at radius 1 is 0.420 bits per heavy atom. The highest BCUT2D eigenvalue weighted by Crippen LogP contribution is 2.27. The summed E-state index contributed by atoms with van der Waals surface area (Å²) in [7, 11) is 0. The summed E-state index contributed by atoms with van der Waals surface area (Å²) in [6.07, 6.45) is -7.31. The number of hydrogen-bond donors (Lipinski definition) is 17. The van der Waals surface area contributed by atoms with Crippen LogP contribution in [0.25, 0.3) is 0 Å². The summed E-state index contributed by atoms with van der Waals surface area (Å²) in [6.45, 7) is 9.43. The molecular formula is C93H133N9O28S. The van der Waals surface area contributed by atoms with Crippen molar-refractivity contribution in [2.45, 2.75) is 251 Å². The number of thioether (sulfide) groups is 1. The molecule has 1 fully saturated rings. The van der Waals surface area contributed by atoms with E-state index in [0.717, 1.165) is 44.9 Å². The SMILES string of the molecule is CC[C@H](C)[C@H](NC(=O)[C@H](CO)CC(=O)[C@H](Cc1ccc(O)cc1)NC(=O)[C@H](CC(=O)O)CC(=O)[C@H](CO)NC(=O)[C@@H](CC(=O)[C@H](Cc1ccccc1)NC(=O)[C@@H](CC(=O)CNC(=O)[C@H](CCC(=O)O)CC(=O)CSCC(=O)CCC(=O)N1CCCCC1)[C@@H](C)O)[C@@H](C)O)C(=O)C[C@@H](Cc1ccc(O)cc1)C(=O)N[C@@H](CC(C)C)C(=O)C[C@@H](CC(=O)O)C(=O)N[C@H](C)CCCCN. The van der Waals surface area contributed by atoms with Crippen molar-refractivity contribution < 1.29 is 137 Å². The molecule has 1 heterocycles. The first-order chi connectivity index (χ1) is 61.9. The van der Waals surface area contributed by atoms with Crippen LogP contribution in [-0.2, 0) is 110 Å². The largest absolute Gasteiger partial charge is 0.508 e. The summed E-state index contributed by atoms with van der Waals surface area (Å²) in [5.74, 6) is -30.1. The minimum absolute atomic E-state index is 0.0238. The molecule has 8 amide bonds. The van der Waals surface area contributed by atoms with Crippen LogP contribution in [0.15, 0.2) is 78.9 Å². The number of benzene rings is 3. The Bertz CT molecular complexity index is 4330. The van der Waals surface area contributed by atoms with Crippen molar-refractivity contribution in [3.05, 3.63) is 95.6 Å². The van der Waals surface area contributed by atoms with Crippen molar-refractivity contribution in [1.29, 1.82) is 0 Å². The van der Waals surface area contributed by atoms with E-state index in [1.54, 1.807) is 69.9 Å². The Kier molecular flexibility index (Phi) is 50.3. The van der Waals surface area contributed by atoms with Gasteiger partial charge in [-0.2, -0.15) is 0 Å². The van der Waals surface area contributed by atoms with Gasteiger partial charge in [0, 0.05) is 95.2 Å². The maximum atomic E-state index is 14.8. The molecule has 724 valence electrons. The molecular weight excluding hydrogens is 1720 g/mol. The van der Waals surface area contributed by atoms with Gasteiger partial charge in [0.2, 0.25) is 47.3 Å². The number of rotatable bonds is 66. The Labute approximate surface area is 766 Å². The highest BCUT2D eigenvalue weighted by molar-refractivity contribution is 8.00. The number of carbonyl (C=O) groups is 19. The second-order valence-corrected chi connectivity index (χ2v) is 35.6. The smallest absolute Gasteiger partial charge is 0.304 e. The number of amides is 8. The maximum absolute atomic E-state index is 14.8. The fourth-order valence-corrected chi connectivity index (χ4v) is 15.9. The van der Waals surface area contributed by atoms with Gasteiger partial charge in [-0.3, -0.25) is 91.1 Å². The number of piperidine rings is 1. The number of ketones is 8. The summed E-state index contributed by atoms with van der Waals surface area (Å²) >= 11 is 0.965. The van der Waals surface area contributed by atoms with Crippen LogP contribution < -0.4 is 43.0 Å². The third-order valence-electron chi connectivity index (χ3n) is 23.0. The molecule has 38 heteroatoms. The van der Waals surface area contributed by atoms with Gasteiger partial charge in [-0.05, 0) is 144 Å². The van der Waals surface area contributed by atoms with Gasteiger partial charge in [0.15, 0.2) is 34.7 Å². The molecule has 0 saturated carbocycles. The molecule has 0 aliphatic carbocycles. The third kappa shape index (κ3) is 41.9. The van der Waals surface area contributed by atoms with E-state index in [1.165, 1.54) is 48.5 Å². The number of aliphatic carboxylic acids is 3. The Morgan fingerprint density at radius 3 is 1.40 bits per heavy atom. The lowest BCUT2D eigenvalue weighted by Crippen LogP contribution is -2.52. The van der Waals surface area contributed by atoms with E-state index in [-0.39, 0.29) is 97.2 Å². The number of aliphatic hydroxyl groups is 4. The van der Waals surface area contributed by atoms with Gasteiger partial charge >= 0.3 is 17.9 Å². The van der Waals surface area contributed by atoms with Crippen LogP contribution in [0.4, 0.5) is 0 Å². The predicted molar refractivity (Wildman–Crippen MR) is 479 cm³/mol. The summed E-state index contributed by atoms with van der Waals surface area (Å²) in [4.78, 5) is 262. The van der Waals surface area contributed by atoms with Crippen LogP contribution in [0.1, 0.15) is 200 Å². The highest BCUT2D eigenvalue weighted by Gasteiger charge is 2.41. The van der Waals surface area contributed by atoms with Gasteiger partial charge in [0.05, 0.1) is 110 Å². The molecule has 1 aliphatic heterocycles. The number of carbonyl (C=O) groups excluding carboxylic acids is 16. The fourth-order valence-electron chi connectivity index (χ4n) is 15.1. The number of phenols is 2. The van der Waals surface area contributed by atoms with Crippen LogP contribution in [0.2, 0.25) is 0 Å². The molecule has 131 heavy (non-hydrogen) atoms. The second kappa shape index (κ2) is 58.7. The zero-order chi connectivity index (χ0) is 97.7. The molecule has 37 nitrogen and oxygen atoms in total. The Hall–Kier alpha value is -11.1. The van der Waals surface area contributed by atoms with E-state index >= 15 is 0 Å². The molecule has 3 aromatic carbocycles. The first-order valence-electron chi connectivity index (χ1n) is 44.6. The lowest BCUT2D eigenvalue weighted by Gasteiger charge is -2.28. The first kappa shape index (κ1) is 112. The van der Waals surface area contributed by atoms with Gasteiger partial charge < -0.3 is 93.8 Å². The van der Waals surface area contributed by atoms with Crippen LogP contribution in [-0.4, -0.2) is 262 Å². The van der Waals surface area contributed by atoms with E-state index in [2.05, 4.69) is 37.2 Å². The number of carboxylic acids is 3. The van der Waals surface area contributed by atoms with E-state index in [4.69, 9.17) is 5.73 Å². The zero-order valence-corrected chi connectivity index (χ0v) is 76.5. The maximum Gasteiger partial charge on any atom is 0.304 e. The molecule has 0 bridgehead atoms. The van der Waals surface area contributed by atoms with E-state index in [1.807, 2.05) is 0 Å². The average molecular weight is 1860 g/mol. The average Bonchev–Trinajstić information content (AvgIpc) is 0.867. The molecule has 1 aliphatic rings. The second-order valence-electron chi connectivity index (χ2n) is 34.6. The summed E-state index contributed by atoms with van der Waals surface area (Å²) in [5.41, 5.74) is 6.78. The summed E-state index contributed by atoms with van der Waals surface area (Å²) in [6, 6.07) is 10.5. The van der Waals surface area contributed by atoms with Crippen LogP contribution >= 0.6 is 11.8 Å². The zero-order valence-electron chi connectivity index (χ0n) is 75.7. The Morgan fingerprint density at radius 2 is 0.885 bits per heavy atom. The number of nitrogens with zero attached hydrogens (tertiary/aromatic N) is 1. The van der Waals surface area contributed by atoms with E-state index < -0.39 is 280 Å². The minimum Gasteiger partial charge on any atom is -0.508 e. The van der Waals surface area contributed by atoms with Crippen molar-refractivity contribution in [3.63, 3.8) is 0 Å². The molecule has 0 unspecified atom stereocenters. The van der Waals surface area contributed by atoms with Crippen molar-refractivity contribution in [3.8, 4) is 11.5 Å². The lowest BCUT2D eigenvalue weighted by molar-refractivity contribution is -0.143. The van der Waals surface area contributed by atoms with E-state index in [9.17, 15) is 137 Å². The number of aliphatic hydroxyl groups excluding tert-OH is 4. The van der Waals surface area contributed by atoms with Crippen LogP contribution in [0.5, 0.6) is 11.5 Å². The van der Waals surface area contributed by atoms with Gasteiger partial charge in [-0.15, -0.1) is 11.8 Å². The minimum atomic E-state index is -1.99. The lowest BCUT2D eigenvalue weighted by atomic mass is 9.85. The number of aromatic hydroxyl groups is 2. The van der Waals surface area contributed by atoms with Gasteiger partial charge in [0.1, 0.15) is 29.1 Å². The molecule has 0 radical (unpaired) electrons. The molecule has 0 aromatic heterocycles. The number of hydrogen-bond acceptors (Lipinski definition) is 27. The monoisotopic (exact) mass is 1860 g/mol. The van der Waals surface area contributed by atoms with Crippen molar-refractivity contribution >= 4 is 123 Å². The van der Waals surface area contributed by atoms with Crippen LogP contribution in [0.3, 0.4) is 0 Å². The molecule has 4 rings (SSSR count). The molecule has 0 spiro atoms. The standard InChI is InChI=1S/C93H133N9O28S/c1-8-54(4)86(81(116)42-62(36-59-20-25-66(107)26-21-59)89(126)97-73(35-53(2)3)77(112)40-63(44-84(120)121)88(125)96-55(5)17-13-14-32-94)101-91(128)65(49-103)43-78(113)74(38-60-22-27-67(108)28-23-60)98-90(127)64(45-85(122)123)41-79(114)76(50-104)100-93(130)72(57(7)106)47-80(115)75(37-58-18-11-9-12-19-58)99-92(129)71(56(6)105)46-69(110)48-95-87(124)61(24-31-83(118)119)39-70(111)52-131-51-68(109)29-30-82(117)102-33-15-10-16-34-102/h9,11-12,18-23,25-28,53-57,61-65,71-76,86,103-108H,8,10,13-17,24,29-52,94H2,1-7H3,(H,95,124)(H,96,125)(H,97,126)(H,98,127)(H,99,129)(H,100,130)(H,101,128)(H,118,119)(H,120,121)(H,122,123)/t54-,55+,56+,57+,61+,62+,63-,64-,65-,71-,72-,73-,74-,75-,76-,86-/m0/s1. The molecule has 16 atom stereocenters. The van der Waals surface area contributed by atoms with Gasteiger partial charge in [-0.25, -0.2) is 0 Å². The summed E-state index contributed by atoms with van der Waals surface area (Å²) in [5, 5.41) is 111. The fraction of sp³-hybridized carbons (Fsp3) is 0.602.